The summed E-state index contributed by atoms with van der Waals surface area (Å²) in [6.45, 7) is 14.2. The highest BCUT2D eigenvalue weighted by Crippen LogP contribution is 2.25. The molecule has 0 saturated carbocycles. The summed E-state index contributed by atoms with van der Waals surface area (Å²) in [5.41, 5.74) is 5.33. The van der Waals surface area contributed by atoms with Crippen LogP contribution in [0, 0.1) is 0 Å². The highest BCUT2D eigenvalue weighted by Gasteiger charge is 2.15. The van der Waals surface area contributed by atoms with Crippen LogP contribution >= 0.6 is 0 Å². The molecule has 1 aliphatic heterocycles. The fourth-order valence-electron chi connectivity index (χ4n) is 3.22. The van der Waals surface area contributed by atoms with Crippen molar-refractivity contribution in [2.75, 3.05) is 15.6 Å². The van der Waals surface area contributed by atoms with Crippen LogP contribution in [0.1, 0.15) is 46.6 Å². The van der Waals surface area contributed by atoms with E-state index < -0.39 is 0 Å². The average molecular weight is 429 g/mol. The first-order valence-corrected chi connectivity index (χ1v) is 10.7. The minimum atomic E-state index is 0.0860. The molecular weight excluding hydrogens is 396 g/mol. The van der Waals surface area contributed by atoms with E-state index in [1.54, 1.807) is 5.01 Å². The molecule has 0 bridgehead atoms. The summed E-state index contributed by atoms with van der Waals surface area (Å²) in [5.74, 6) is 1.39. The number of rotatable bonds is 5. The normalized spacial score (nSPS) is 14.2. The molecule has 6 nitrogen and oxygen atoms in total. The zero-order chi connectivity index (χ0) is 23.1. The molecule has 2 N–H and O–H groups in total. The lowest BCUT2D eigenvalue weighted by Gasteiger charge is -2.20. The molecule has 1 aliphatic rings. The van der Waals surface area contributed by atoms with E-state index in [2.05, 4.69) is 79.4 Å². The molecule has 3 rings (SSSR count). The minimum absolute atomic E-state index is 0.0860. The zero-order valence-corrected chi connectivity index (χ0v) is 19.6. The number of nitrogens with zero attached hydrogens (tertiary/aromatic N) is 4. The Balaban J connectivity index is 1.78. The Morgan fingerprint density at radius 1 is 1.06 bits per heavy atom. The second kappa shape index (κ2) is 10.1. The van der Waals surface area contributed by atoms with E-state index in [1.807, 2.05) is 49.7 Å². The Morgan fingerprint density at radius 2 is 1.81 bits per heavy atom. The Labute approximate surface area is 191 Å². The van der Waals surface area contributed by atoms with Crippen molar-refractivity contribution >= 4 is 35.6 Å². The van der Waals surface area contributed by atoms with Crippen molar-refractivity contribution in [3.8, 4) is 0 Å². The Morgan fingerprint density at radius 3 is 2.47 bits per heavy atom. The van der Waals surface area contributed by atoms with E-state index in [0.717, 1.165) is 28.5 Å². The SMILES string of the molecule is C=NN(/C=C\C)c1ccc(NC2=NC=C(C)CC(Nc3cccc(C(C)(C)C)c3)=N2)cc1. The topological polar surface area (TPSA) is 64.4 Å². The number of hydrogen-bond acceptors (Lipinski definition) is 6. The number of guanidine groups is 1. The average Bonchev–Trinajstić information content (AvgIpc) is 2.93. The molecule has 2 aromatic carbocycles. The third-order valence-electron chi connectivity index (χ3n) is 4.94. The van der Waals surface area contributed by atoms with Crippen LogP contribution in [0.5, 0.6) is 0 Å². The summed E-state index contributed by atoms with van der Waals surface area (Å²) in [6, 6.07) is 16.4. The van der Waals surface area contributed by atoms with Gasteiger partial charge in [0.15, 0.2) is 0 Å². The summed E-state index contributed by atoms with van der Waals surface area (Å²) in [4.78, 5) is 9.27. The standard InChI is InChI=1S/C26H32N6/c1-7-15-32(27-6)23-13-11-21(12-14-23)30-25-28-18-19(2)16-24(31-25)29-22-10-8-9-20(17-22)26(3,4)5/h7-15,17-18H,6,16H2,1-5H3,(H2,28,29,30,31)/b15-7-. The van der Waals surface area contributed by atoms with Crippen LogP contribution in [0.3, 0.4) is 0 Å². The summed E-state index contributed by atoms with van der Waals surface area (Å²) >= 11 is 0. The molecule has 0 amide bonds. The van der Waals surface area contributed by atoms with Crippen LogP contribution in [0.2, 0.25) is 0 Å². The molecule has 2 aromatic rings. The highest BCUT2D eigenvalue weighted by atomic mass is 15.4. The lowest BCUT2D eigenvalue weighted by molar-refractivity contribution is 0.590. The maximum atomic E-state index is 4.75. The third kappa shape index (κ3) is 6.17. The molecular formula is C26H32N6. The van der Waals surface area contributed by atoms with Crippen LogP contribution in [-0.2, 0) is 5.41 Å². The van der Waals surface area contributed by atoms with Crippen molar-refractivity contribution < 1.29 is 0 Å². The van der Waals surface area contributed by atoms with Gasteiger partial charge in [-0.05, 0) is 66.8 Å². The van der Waals surface area contributed by atoms with Crippen LogP contribution in [-0.4, -0.2) is 18.5 Å². The maximum Gasteiger partial charge on any atom is 0.228 e. The van der Waals surface area contributed by atoms with E-state index in [4.69, 9.17) is 4.99 Å². The molecule has 0 aromatic heterocycles. The molecule has 1 heterocycles. The number of amidine groups is 1. The van der Waals surface area contributed by atoms with Crippen molar-refractivity contribution in [2.45, 2.75) is 46.5 Å². The summed E-state index contributed by atoms with van der Waals surface area (Å²) in [6.07, 6.45) is 6.33. The molecule has 0 spiro atoms. The number of allylic oxidation sites excluding steroid dienone is 1. The van der Waals surface area contributed by atoms with Gasteiger partial charge in [-0.25, -0.2) is 10.0 Å². The van der Waals surface area contributed by atoms with Gasteiger partial charge in [-0.3, -0.25) is 0 Å². The third-order valence-corrected chi connectivity index (χ3v) is 4.94. The van der Waals surface area contributed by atoms with Gasteiger partial charge >= 0.3 is 0 Å². The monoisotopic (exact) mass is 428 g/mol. The number of anilines is 3. The molecule has 0 atom stereocenters. The van der Waals surface area contributed by atoms with Gasteiger partial charge in [-0.1, -0.05) is 39.0 Å². The predicted octanol–water partition coefficient (Wildman–Crippen LogP) is 6.53. The molecule has 0 radical (unpaired) electrons. The number of nitrogens with one attached hydrogen (secondary N) is 2. The van der Waals surface area contributed by atoms with E-state index in [0.29, 0.717) is 12.4 Å². The quantitative estimate of drug-likeness (QED) is 0.420. The minimum Gasteiger partial charge on any atom is -0.343 e. The zero-order valence-electron chi connectivity index (χ0n) is 19.6. The fraction of sp³-hybridized carbons (Fsp3) is 0.269. The van der Waals surface area contributed by atoms with Crippen molar-refractivity contribution in [1.29, 1.82) is 0 Å². The van der Waals surface area contributed by atoms with Crippen molar-refractivity contribution in [2.24, 2.45) is 15.1 Å². The molecule has 0 saturated heterocycles. The molecule has 166 valence electrons. The van der Waals surface area contributed by atoms with Gasteiger partial charge in [-0.15, -0.1) is 0 Å². The van der Waals surface area contributed by atoms with Gasteiger partial charge in [0.2, 0.25) is 5.96 Å². The van der Waals surface area contributed by atoms with Crippen molar-refractivity contribution in [3.63, 3.8) is 0 Å². The molecule has 32 heavy (non-hydrogen) atoms. The van der Waals surface area contributed by atoms with Gasteiger partial charge in [0.1, 0.15) is 5.84 Å². The van der Waals surface area contributed by atoms with E-state index in [-0.39, 0.29) is 5.41 Å². The van der Waals surface area contributed by atoms with E-state index >= 15 is 0 Å². The lowest BCUT2D eigenvalue weighted by Crippen LogP contribution is -2.18. The Hall–Kier alpha value is -3.67. The maximum absolute atomic E-state index is 4.75. The number of hydrogen-bond donors (Lipinski definition) is 2. The van der Waals surface area contributed by atoms with Crippen LogP contribution in [0.25, 0.3) is 0 Å². The molecule has 0 aliphatic carbocycles. The van der Waals surface area contributed by atoms with Crippen LogP contribution in [0.4, 0.5) is 17.1 Å². The summed E-state index contributed by atoms with van der Waals surface area (Å²) in [5, 5.41) is 12.5. The number of benzene rings is 2. The highest BCUT2D eigenvalue weighted by molar-refractivity contribution is 6.08. The lowest BCUT2D eigenvalue weighted by atomic mass is 9.87. The van der Waals surface area contributed by atoms with Gasteiger partial charge in [0, 0.05) is 36.9 Å². The van der Waals surface area contributed by atoms with Gasteiger partial charge in [-0.2, -0.15) is 10.1 Å². The summed E-state index contributed by atoms with van der Waals surface area (Å²) in [7, 11) is 0. The van der Waals surface area contributed by atoms with E-state index in [1.165, 1.54) is 5.56 Å². The van der Waals surface area contributed by atoms with E-state index in [9.17, 15) is 0 Å². The molecule has 6 heteroatoms. The Bertz CT molecular complexity index is 1070. The van der Waals surface area contributed by atoms with Crippen molar-refractivity contribution in [1.82, 2.24) is 0 Å². The van der Waals surface area contributed by atoms with Crippen molar-refractivity contribution in [3.05, 3.63) is 78.1 Å². The van der Waals surface area contributed by atoms with Crippen LogP contribution in [0.15, 0.2) is 87.7 Å². The first kappa shape index (κ1) is 23.0. The van der Waals surface area contributed by atoms with Gasteiger partial charge < -0.3 is 10.6 Å². The van der Waals surface area contributed by atoms with Gasteiger partial charge in [0.25, 0.3) is 0 Å². The number of hydrazone groups is 1. The molecule has 0 fully saturated rings. The second-order valence-corrected chi connectivity index (χ2v) is 8.76. The predicted molar refractivity (Wildman–Crippen MR) is 139 cm³/mol. The second-order valence-electron chi connectivity index (χ2n) is 8.76. The summed E-state index contributed by atoms with van der Waals surface area (Å²) < 4.78 is 0. The first-order valence-electron chi connectivity index (χ1n) is 10.7. The largest absolute Gasteiger partial charge is 0.343 e. The number of aliphatic imine (C=N–C) groups is 2. The Kier molecular flexibility index (Phi) is 7.25. The first-order chi connectivity index (χ1) is 15.3. The molecule has 0 unspecified atom stereocenters. The van der Waals surface area contributed by atoms with Crippen LogP contribution < -0.4 is 15.6 Å². The van der Waals surface area contributed by atoms with Gasteiger partial charge in [0.05, 0.1) is 5.69 Å². The fourth-order valence-corrected chi connectivity index (χ4v) is 3.22. The smallest absolute Gasteiger partial charge is 0.228 e.